The van der Waals surface area contributed by atoms with Crippen LogP contribution in [0.1, 0.15) is 29.7 Å². The number of benzene rings is 1. The van der Waals surface area contributed by atoms with Crippen molar-refractivity contribution in [2.75, 3.05) is 5.32 Å². The van der Waals surface area contributed by atoms with Crippen molar-refractivity contribution in [1.82, 2.24) is 4.98 Å². The molecule has 0 amide bonds. The van der Waals surface area contributed by atoms with Gasteiger partial charge in [-0.1, -0.05) is 29.8 Å². The maximum absolute atomic E-state index is 9.18. The van der Waals surface area contributed by atoms with Crippen LogP contribution in [-0.2, 0) is 0 Å². The largest absolute Gasteiger partial charge is 0.362 e. The molecule has 1 aromatic carbocycles. The maximum atomic E-state index is 9.18. The number of pyridine rings is 1. The molecule has 0 aliphatic carbocycles. The Hall–Kier alpha value is -2.05. The van der Waals surface area contributed by atoms with Crippen LogP contribution in [0, 0.1) is 18.3 Å². The lowest BCUT2D eigenvalue weighted by molar-refractivity contribution is 0.873. The second-order valence-corrected chi connectivity index (χ2v) is 4.76. The first-order valence-electron chi connectivity index (χ1n) is 6.00. The lowest BCUT2D eigenvalue weighted by Gasteiger charge is -2.17. The van der Waals surface area contributed by atoms with Gasteiger partial charge in [-0.15, -0.1) is 0 Å². The second kappa shape index (κ2) is 5.73. The number of halogens is 1. The Morgan fingerprint density at radius 2 is 2.05 bits per heavy atom. The number of anilines is 1. The van der Waals surface area contributed by atoms with Crippen molar-refractivity contribution in [1.29, 1.82) is 5.26 Å². The molecule has 0 bridgehead atoms. The Kier molecular flexibility index (Phi) is 4.03. The highest BCUT2D eigenvalue weighted by Crippen LogP contribution is 2.26. The molecule has 0 radical (unpaired) electrons. The Bertz CT molecular complexity index is 632. The lowest BCUT2D eigenvalue weighted by Crippen LogP contribution is -2.10. The van der Waals surface area contributed by atoms with Crippen molar-refractivity contribution >= 4 is 17.4 Å². The number of rotatable bonds is 3. The van der Waals surface area contributed by atoms with Crippen LogP contribution < -0.4 is 5.32 Å². The van der Waals surface area contributed by atoms with Gasteiger partial charge in [0.1, 0.15) is 11.9 Å². The lowest BCUT2D eigenvalue weighted by atomic mass is 10.1. The van der Waals surface area contributed by atoms with E-state index < -0.39 is 0 Å². The van der Waals surface area contributed by atoms with Crippen molar-refractivity contribution in [3.05, 3.63) is 58.2 Å². The van der Waals surface area contributed by atoms with Crippen LogP contribution in [0.4, 0.5) is 5.82 Å². The smallest absolute Gasteiger partial charge is 0.144 e. The predicted molar refractivity (Wildman–Crippen MR) is 77.2 cm³/mol. The Labute approximate surface area is 117 Å². The van der Waals surface area contributed by atoms with E-state index in [1.807, 2.05) is 44.2 Å². The standard InChI is InChI=1S/C15H14ClN3/c1-10-7-8-18-15(13(10)9-17)19-11(2)12-5-3-4-6-14(12)16/h3-8,11H,1-2H3,(H,18,19). The van der Waals surface area contributed by atoms with Gasteiger partial charge in [0.05, 0.1) is 11.6 Å². The van der Waals surface area contributed by atoms with Gasteiger partial charge in [0.15, 0.2) is 0 Å². The SMILES string of the molecule is Cc1ccnc(NC(C)c2ccccc2Cl)c1C#N. The fourth-order valence-electron chi connectivity index (χ4n) is 1.92. The number of nitrogens with one attached hydrogen (secondary N) is 1. The molecule has 4 heteroatoms. The van der Waals surface area contributed by atoms with Crippen molar-refractivity contribution in [3.63, 3.8) is 0 Å². The monoisotopic (exact) mass is 271 g/mol. The molecule has 0 saturated carbocycles. The van der Waals surface area contributed by atoms with Gasteiger partial charge in [-0.3, -0.25) is 0 Å². The van der Waals surface area contributed by atoms with Crippen molar-refractivity contribution in [3.8, 4) is 6.07 Å². The molecule has 19 heavy (non-hydrogen) atoms. The van der Waals surface area contributed by atoms with Gasteiger partial charge in [0.25, 0.3) is 0 Å². The number of aryl methyl sites for hydroxylation is 1. The molecule has 0 spiro atoms. The van der Waals surface area contributed by atoms with Crippen molar-refractivity contribution in [2.24, 2.45) is 0 Å². The van der Waals surface area contributed by atoms with Crippen LogP contribution in [0.3, 0.4) is 0 Å². The molecule has 1 atom stereocenters. The van der Waals surface area contributed by atoms with Crippen LogP contribution in [0.5, 0.6) is 0 Å². The van der Waals surface area contributed by atoms with E-state index in [0.29, 0.717) is 16.4 Å². The number of hydrogen-bond donors (Lipinski definition) is 1. The van der Waals surface area contributed by atoms with Gasteiger partial charge >= 0.3 is 0 Å². The van der Waals surface area contributed by atoms with E-state index in [1.54, 1.807) is 6.20 Å². The highest BCUT2D eigenvalue weighted by Gasteiger charge is 2.12. The molecule has 0 aliphatic heterocycles. The molecular formula is C15H14ClN3. The van der Waals surface area contributed by atoms with Crippen LogP contribution in [0.15, 0.2) is 36.5 Å². The minimum absolute atomic E-state index is 0.0184. The molecule has 2 aromatic rings. The zero-order valence-electron chi connectivity index (χ0n) is 10.8. The molecule has 1 unspecified atom stereocenters. The quantitative estimate of drug-likeness (QED) is 0.915. The summed E-state index contributed by atoms with van der Waals surface area (Å²) >= 11 is 6.16. The molecule has 96 valence electrons. The third-order valence-corrected chi connectivity index (χ3v) is 3.34. The first kappa shape index (κ1) is 13.4. The van der Waals surface area contributed by atoms with E-state index in [9.17, 15) is 5.26 Å². The van der Waals surface area contributed by atoms with Gasteiger partial charge in [0, 0.05) is 11.2 Å². The van der Waals surface area contributed by atoms with E-state index in [1.165, 1.54) is 0 Å². The third kappa shape index (κ3) is 2.86. The van der Waals surface area contributed by atoms with Gasteiger partial charge in [-0.05, 0) is 37.1 Å². The van der Waals surface area contributed by atoms with Gasteiger partial charge in [0.2, 0.25) is 0 Å². The highest BCUT2D eigenvalue weighted by molar-refractivity contribution is 6.31. The highest BCUT2D eigenvalue weighted by atomic mass is 35.5. The fourth-order valence-corrected chi connectivity index (χ4v) is 2.22. The normalized spacial score (nSPS) is 11.7. The van der Waals surface area contributed by atoms with E-state index in [4.69, 9.17) is 11.6 Å². The number of aromatic nitrogens is 1. The summed E-state index contributed by atoms with van der Waals surface area (Å²) in [7, 11) is 0. The average Bonchev–Trinajstić information content (AvgIpc) is 2.39. The molecule has 0 aliphatic rings. The molecule has 0 saturated heterocycles. The third-order valence-electron chi connectivity index (χ3n) is 3.00. The average molecular weight is 272 g/mol. The van der Waals surface area contributed by atoms with Gasteiger partial charge < -0.3 is 5.32 Å². The molecule has 1 heterocycles. The summed E-state index contributed by atoms with van der Waals surface area (Å²) < 4.78 is 0. The van der Waals surface area contributed by atoms with Crippen LogP contribution >= 0.6 is 11.6 Å². The molecule has 0 fully saturated rings. The molecule has 3 nitrogen and oxygen atoms in total. The summed E-state index contributed by atoms with van der Waals surface area (Å²) in [4.78, 5) is 4.23. The predicted octanol–water partition coefficient (Wildman–Crippen LogP) is 4.09. The second-order valence-electron chi connectivity index (χ2n) is 4.35. The number of nitriles is 1. The van der Waals surface area contributed by atoms with Crippen LogP contribution in [0.2, 0.25) is 5.02 Å². The first-order valence-corrected chi connectivity index (χ1v) is 6.38. The van der Waals surface area contributed by atoms with E-state index in [-0.39, 0.29) is 6.04 Å². The summed E-state index contributed by atoms with van der Waals surface area (Å²) in [6.45, 7) is 3.89. The zero-order chi connectivity index (χ0) is 13.8. The van der Waals surface area contributed by atoms with Gasteiger partial charge in [-0.2, -0.15) is 5.26 Å². The minimum atomic E-state index is -0.0184. The van der Waals surface area contributed by atoms with Crippen molar-refractivity contribution in [2.45, 2.75) is 19.9 Å². The first-order chi connectivity index (χ1) is 9.13. The Morgan fingerprint density at radius 1 is 1.32 bits per heavy atom. The summed E-state index contributed by atoms with van der Waals surface area (Å²) in [6, 6.07) is 11.6. The molecular weight excluding hydrogens is 258 g/mol. The summed E-state index contributed by atoms with van der Waals surface area (Å²) in [5.41, 5.74) is 2.46. The molecule has 1 aromatic heterocycles. The molecule has 2 rings (SSSR count). The number of hydrogen-bond acceptors (Lipinski definition) is 3. The van der Waals surface area contributed by atoms with Gasteiger partial charge in [-0.25, -0.2) is 4.98 Å². The van der Waals surface area contributed by atoms with E-state index >= 15 is 0 Å². The minimum Gasteiger partial charge on any atom is -0.362 e. The summed E-state index contributed by atoms with van der Waals surface area (Å²) in [5.74, 6) is 0.593. The van der Waals surface area contributed by atoms with Crippen molar-refractivity contribution < 1.29 is 0 Å². The van der Waals surface area contributed by atoms with E-state index in [2.05, 4.69) is 16.4 Å². The maximum Gasteiger partial charge on any atom is 0.144 e. The Morgan fingerprint density at radius 3 is 2.74 bits per heavy atom. The van der Waals surface area contributed by atoms with Crippen LogP contribution in [-0.4, -0.2) is 4.98 Å². The zero-order valence-corrected chi connectivity index (χ0v) is 11.6. The topological polar surface area (TPSA) is 48.7 Å². The molecule has 1 N–H and O–H groups in total. The van der Waals surface area contributed by atoms with E-state index in [0.717, 1.165) is 11.1 Å². The summed E-state index contributed by atoms with van der Waals surface area (Å²) in [6.07, 6.45) is 1.69. The van der Waals surface area contributed by atoms with Crippen LogP contribution in [0.25, 0.3) is 0 Å². The fraction of sp³-hybridized carbons (Fsp3) is 0.200. The number of nitrogens with zero attached hydrogens (tertiary/aromatic N) is 2. The summed E-state index contributed by atoms with van der Waals surface area (Å²) in [5, 5.41) is 13.1. The Balaban J connectivity index is 2.30.